The Bertz CT molecular complexity index is 449. The van der Waals surface area contributed by atoms with Crippen molar-refractivity contribution in [3.8, 4) is 0 Å². The van der Waals surface area contributed by atoms with Crippen LogP contribution in [0, 0.1) is 10.1 Å². The summed E-state index contributed by atoms with van der Waals surface area (Å²) in [5.74, 6) is 0.430. The minimum atomic E-state index is -0.495. The SMILES string of the molecule is O=[N+]([O-])/C=C1/NCCN1c1cnccc1Cl. The third kappa shape index (κ3) is 2.06. The van der Waals surface area contributed by atoms with Crippen LogP contribution in [-0.4, -0.2) is 23.0 Å². The first-order valence-corrected chi connectivity index (χ1v) is 5.02. The number of nitrogens with zero attached hydrogens (tertiary/aromatic N) is 3. The van der Waals surface area contributed by atoms with E-state index in [1.54, 1.807) is 23.4 Å². The van der Waals surface area contributed by atoms with Gasteiger partial charge in [-0.15, -0.1) is 0 Å². The lowest BCUT2D eigenvalue weighted by Crippen LogP contribution is -2.20. The number of nitro groups is 1. The molecule has 1 saturated heterocycles. The van der Waals surface area contributed by atoms with Gasteiger partial charge in [0.2, 0.25) is 0 Å². The van der Waals surface area contributed by atoms with Crippen LogP contribution in [0.15, 0.2) is 30.5 Å². The molecular formula is C9H9ClN4O2. The lowest BCUT2D eigenvalue weighted by molar-refractivity contribution is -0.403. The molecule has 0 unspecified atom stereocenters. The fraction of sp³-hybridized carbons (Fsp3) is 0.222. The van der Waals surface area contributed by atoms with Crippen molar-refractivity contribution in [2.45, 2.75) is 0 Å². The average Bonchev–Trinajstić information content (AvgIpc) is 2.66. The van der Waals surface area contributed by atoms with E-state index >= 15 is 0 Å². The average molecular weight is 241 g/mol. The van der Waals surface area contributed by atoms with Gasteiger partial charge in [0, 0.05) is 19.3 Å². The van der Waals surface area contributed by atoms with Crippen molar-refractivity contribution < 1.29 is 4.92 Å². The molecule has 1 aliphatic rings. The summed E-state index contributed by atoms with van der Waals surface area (Å²) in [6, 6.07) is 1.65. The molecule has 1 aromatic rings. The zero-order chi connectivity index (χ0) is 11.5. The highest BCUT2D eigenvalue weighted by atomic mass is 35.5. The molecule has 0 saturated carbocycles. The highest BCUT2D eigenvalue weighted by Gasteiger charge is 2.22. The summed E-state index contributed by atoms with van der Waals surface area (Å²) in [5.41, 5.74) is 0.669. The number of aromatic nitrogens is 1. The van der Waals surface area contributed by atoms with Gasteiger partial charge in [-0.05, 0) is 6.07 Å². The van der Waals surface area contributed by atoms with Gasteiger partial charge in [-0.25, -0.2) is 0 Å². The van der Waals surface area contributed by atoms with E-state index in [2.05, 4.69) is 10.3 Å². The third-order valence-electron chi connectivity index (χ3n) is 2.20. The lowest BCUT2D eigenvalue weighted by atomic mass is 10.3. The molecule has 0 spiro atoms. The zero-order valence-electron chi connectivity index (χ0n) is 8.26. The van der Waals surface area contributed by atoms with Gasteiger partial charge in [0.25, 0.3) is 6.20 Å². The first-order valence-electron chi connectivity index (χ1n) is 4.65. The van der Waals surface area contributed by atoms with Gasteiger partial charge in [0.1, 0.15) is 0 Å². The van der Waals surface area contributed by atoms with Gasteiger partial charge < -0.3 is 10.2 Å². The molecule has 2 heterocycles. The number of halogens is 1. The molecule has 1 aromatic heterocycles. The Hall–Kier alpha value is -1.82. The number of hydrogen-bond acceptors (Lipinski definition) is 5. The smallest absolute Gasteiger partial charge is 0.274 e. The summed E-state index contributed by atoms with van der Waals surface area (Å²) in [6.45, 7) is 1.27. The second kappa shape index (κ2) is 4.36. The quantitative estimate of drug-likeness (QED) is 0.622. The Labute approximate surface area is 96.7 Å². The molecule has 0 bridgehead atoms. The molecule has 84 valence electrons. The number of anilines is 1. The van der Waals surface area contributed by atoms with Gasteiger partial charge in [-0.1, -0.05) is 11.6 Å². The van der Waals surface area contributed by atoms with Gasteiger partial charge >= 0.3 is 0 Å². The molecule has 0 aliphatic carbocycles. The van der Waals surface area contributed by atoms with Gasteiger partial charge in [0.15, 0.2) is 5.82 Å². The van der Waals surface area contributed by atoms with Crippen LogP contribution in [0.1, 0.15) is 0 Å². The van der Waals surface area contributed by atoms with E-state index in [0.29, 0.717) is 29.6 Å². The first-order chi connectivity index (χ1) is 7.68. The molecular weight excluding hydrogens is 232 g/mol. The fourth-order valence-electron chi connectivity index (χ4n) is 1.54. The molecule has 1 fully saturated rings. The minimum Gasteiger partial charge on any atom is -0.365 e. The summed E-state index contributed by atoms with van der Waals surface area (Å²) in [5, 5.41) is 13.9. The van der Waals surface area contributed by atoms with E-state index < -0.39 is 4.92 Å². The standard InChI is InChI=1S/C9H9ClN4O2/c10-7-1-2-11-5-8(7)13-4-3-12-9(13)6-14(15)16/h1-2,5-6,12H,3-4H2/b9-6-. The van der Waals surface area contributed by atoms with Gasteiger partial charge in [0.05, 0.1) is 21.8 Å². The van der Waals surface area contributed by atoms with Crippen molar-refractivity contribution in [3.05, 3.63) is 45.6 Å². The Morgan fingerprint density at radius 3 is 3.19 bits per heavy atom. The predicted octanol–water partition coefficient (Wildman–Crippen LogP) is 1.22. The number of nitrogens with one attached hydrogen (secondary N) is 1. The van der Waals surface area contributed by atoms with Crippen LogP contribution in [-0.2, 0) is 0 Å². The van der Waals surface area contributed by atoms with Crippen LogP contribution < -0.4 is 10.2 Å². The first kappa shape index (κ1) is 10.7. The molecule has 0 amide bonds. The molecule has 6 nitrogen and oxygen atoms in total. The minimum absolute atomic E-state index is 0.430. The van der Waals surface area contributed by atoms with Crippen molar-refractivity contribution in [2.24, 2.45) is 0 Å². The summed E-state index contributed by atoms with van der Waals surface area (Å²) in [6.07, 6.45) is 4.09. The monoisotopic (exact) mass is 240 g/mol. The van der Waals surface area contributed by atoms with Crippen molar-refractivity contribution in [2.75, 3.05) is 18.0 Å². The maximum Gasteiger partial charge on any atom is 0.274 e. The third-order valence-corrected chi connectivity index (χ3v) is 2.52. The van der Waals surface area contributed by atoms with E-state index in [0.717, 1.165) is 6.20 Å². The summed E-state index contributed by atoms with van der Waals surface area (Å²) in [4.78, 5) is 15.6. The van der Waals surface area contributed by atoms with Crippen LogP contribution >= 0.6 is 11.6 Å². The Morgan fingerprint density at radius 2 is 2.50 bits per heavy atom. The highest BCUT2D eigenvalue weighted by molar-refractivity contribution is 6.33. The molecule has 1 N–H and O–H groups in total. The molecule has 0 radical (unpaired) electrons. The second-order valence-electron chi connectivity index (χ2n) is 3.21. The van der Waals surface area contributed by atoms with Crippen LogP contribution in [0.3, 0.4) is 0 Å². The van der Waals surface area contributed by atoms with Crippen molar-refractivity contribution in [1.82, 2.24) is 10.3 Å². The summed E-state index contributed by atoms with van der Waals surface area (Å²) in [7, 11) is 0. The summed E-state index contributed by atoms with van der Waals surface area (Å²) >= 11 is 6.00. The number of pyridine rings is 1. The van der Waals surface area contributed by atoms with Gasteiger partial charge in [-0.3, -0.25) is 15.1 Å². The Morgan fingerprint density at radius 1 is 1.69 bits per heavy atom. The van der Waals surface area contributed by atoms with E-state index in [9.17, 15) is 10.1 Å². The van der Waals surface area contributed by atoms with Crippen molar-refractivity contribution in [3.63, 3.8) is 0 Å². The van der Waals surface area contributed by atoms with Crippen LogP contribution in [0.25, 0.3) is 0 Å². The zero-order valence-corrected chi connectivity index (χ0v) is 9.02. The maximum atomic E-state index is 10.4. The predicted molar refractivity (Wildman–Crippen MR) is 59.7 cm³/mol. The second-order valence-corrected chi connectivity index (χ2v) is 3.61. The topological polar surface area (TPSA) is 71.3 Å². The largest absolute Gasteiger partial charge is 0.365 e. The molecule has 1 aliphatic heterocycles. The van der Waals surface area contributed by atoms with Crippen molar-refractivity contribution >= 4 is 17.3 Å². The lowest BCUT2D eigenvalue weighted by Gasteiger charge is -2.17. The fourth-order valence-corrected chi connectivity index (χ4v) is 1.75. The maximum absolute atomic E-state index is 10.4. The van der Waals surface area contributed by atoms with Crippen LogP contribution in [0.4, 0.5) is 5.69 Å². The van der Waals surface area contributed by atoms with Gasteiger partial charge in [-0.2, -0.15) is 0 Å². The Balaban J connectivity index is 2.34. The Kier molecular flexibility index (Phi) is 2.91. The molecule has 0 atom stereocenters. The molecule has 7 heteroatoms. The normalized spacial score (nSPS) is 17.6. The number of hydrogen-bond donors (Lipinski definition) is 1. The van der Waals surface area contributed by atoms with E-state index in [-0.39, 0.29) is 0 Å². The summed E-state index contributed by atoms with van der Waals surface area (Å²) < 4.78 is 0. The molecule has 16 heavy (non-hydrogen) atoms. The van der Waals surface area contributed by atoms with E-state index in [4.69, 9.17) is 11.6 Å². The number of rotatable bonds is 2. The van der Waals surface area contributed by atoms with E-state index in [1.807, 2.05) is 0 Å². The van der Waals surface area contributed by atoms with Crippen LogP contribution in [0.5, 0.6) is 0 Å². The van der Waals surface area contributed by atoms with Crippen LogP contribution in [0.2, 0.25) is 5.02 Å². The highest BCUT2D eigenvalue weighted by Crippen LogP contribution is 2.27. The molecule has 0 aromatic carbocycles. The van der Waals surface area contributed by atoms with E-state index in [1.165, 1.54) is 0 Å². The molecule has 2 rings (SSSR count). The van der Waals surface area contributed by atoms with Crippen molar-refractivity contribution in [1.29, 1.82) is 0 Å².